The molecule has 1 N–H and O–H groups in total. The van der Waals surface area contributed by atoms with E-state index in [0.717, 1.165) is 0 Å². The molecule has 0 amide bonds. The van der Waals surface area contributed by atoms with Crippen molar-refractivity contribution < 1.29 is 14.3 Å². The minimum Gasteiger partial charge on any atom is -0.476 e. The van der Waals surface area contributed by atoms with Crippen LogP contribution in [0, 0.1) is 5.82 Å². The maximum atomic E-state index is 13.8. The first kappa shape index (κ1) is 10.3. The number of aromatic nitrogens is 1. The highest BCUT2D eigenvalue weighted by Crippen LogP contribution is 2.23. The van der Waals surface area contributed by atoms with Crippen LogP contribution in [0.5, 0.6) is 0 Å². The first-order chi connectivity index (χ1) is 7.70. The molecule has 0 aliphatic carbocycles. The second kappa shape index (κ2) is 4.10. The Bertz CT molecular complexity index is 526. The molecule has 0 radical (unpaired) electrons. The van der Waals surface area contributed by atoms with Crippen LogP contribution in [0.4, 0.5) is 4.39 Å². The normalized spacial score (nSPS) is 10.1. The van der Waals surface area contributed by atoms with E-state index in [4.69, 9.17) is 5.11 Å². The van der Waals surface area contributed by atoms with Crippen LogP contribution in [0.3, 0.4) is 0 Å². The first-order valence-electron chi connectivity index (χ1n) is 4.63. The molecule has 0 bridgehead atoms. The average Bonchev–Trinajstić information content (AvgIpc) is 2.30. The van der Waals surface area contributed by atoms with E-state index in [-0.39, 0.29) is 5.56 Å². The number of carbonyl (C=O) groups is 1. The average molecular weight is 217 g/mol. The largest absolute Gasteiger partial charge is 0.476 e. The third-order valence-electron chi connectivity index (χ3n) is 2.18. The van der Waals surface area contributed by atoms with Gasteiger partial charge in [-0.05, 0) is 11.6 Å². The summed E-state index contributed by atoms with van der Waals surface area (Å²) in [5, 5.41) is 8.73. The van der Waals surface area contributed by atoms with Crippen LogP contribution in [0.2, 0.25) is 0 Å². The van der Waals surface area contributed by atoms with Crippen molar-refractivity contribution in [2.45, 2.75) is 0 Å². The molecule has 0 atom stereocenters. The van der Waals surface area contributed by atoms with E-state index >= 15 is 0 Å². The van der Waals surface area contributed by atoms with Crippen molar-refractivity contribution in [3.63, 3.8) is 0 Å². The number of benzene rings is 1. The van der Waals surface area contributed by atoms with E-state index in [1.165, 1.54) is 12.3 Å². The second-order valence-electron chi connectivity index (χ2n) is 3.19. The van der Waals surface area contributed by atoms with Crippen LogP contribution in [-0.4, -0.2) is 16.1 Å². The number of halogens is 1. The van der Waals surface area contributed by atoms with E-state index in [1.54, 1.807) is 30.3 Å². The quantitative estimate of drug-likeness (QED) is 0.841. The van der Waals surface area contributed by atoms with Gasteiger partial charge in [0.05, 0.1) is 0 Å². The highest BCUT2D eigenvalue weighted by molar-refractivity contribution is 5.87. The summed E-state index contributed by atoms with van der Waals surface area (Å²) in [6.45, 7) is 0. The van der Waals surface area contributed by atoms with Crippen LogP contribution in [0.15, 0.2) is 42.6 Å². The lowest BCUT2D eigenvalue weighted by Gasteiger charge is -2.04. The Morgan fingerprint density at radius 1 is 1.19 bits per heavy atom. The molecule has 2 rings (SSSR count). The molecule has 0 aliphatic rings. The minimum absolute atomic E-state index is 0.244. The maximum absolute atomic E-state index is 13.8. The molecule has 1 aromatic heterocycles. The fourth-order valence-corrected chi connectivity index (χ4v) is 1.43. The van der Waals surface area contributed by atoms with Gasteiger partial charge in [0, 0.05) is 11.8 Å². The summed E-state index contributed by atoms with van der Waals surface area (Å²) in [6, 6.07) is 10.2. The molecule has 4 heteroatoms. The molecule has 0 aliphatic heterocycles. The lowest BCUT2D eigenvalue weighted by Crippen LogP contribution is -2.05. The van der Waals surface area contributed by atoms with E-state index in [2.05, 4.69) is 4.98 Å². The van der Waals surface area contributed by atoms with Crippen molar-refractivity contribution in [2.24, 2.45) is 0 Å². The van der Waals surface area contributed by atoms with Gasteiger partial charge >= 0.3 is 5.97 Å². The van der Waals surface area contributed by atoms with E-state index in [1.807, 2.05) is 0 Å². The number of pyridine rings is 1. The van der Waals surface area contributed by atoms with Gasteiger partial charge in [0.2, 0.25) is 0 Å². The lowest BCUT2D eigenvalue weighted by atomic mass is 10.1. The molecule has 0 saturated carbocycles. The molecule has 1 aromatic carbocycles. The summed E-state index contributed by atoms with van der Waals surface area (Å²) in [5.74, 6) is -2.17. The Morgan fingerprint density at radius 3 is 2.50 bits per heavy atom. The van der Waals surface area contributed by atoms with Crippen molar-refractivity contribution in [3.05, 3.63) is 54.1 Å². The monoisotopic (exact) mass is 217 g/mol. The maximum Gasteiger partial charge on any atom is 0.357 e. The third-order valence-corrected chi connectivity index (χ3v) is 2.18. The first-order valence-corrected chi connectivity index (χ1v) is 4.63. The predicted molar refractivity (Wildman–Crippen MR) is 56.6 cm³/mol. The number of hydrogen-bond acceptors (Lipinski definition) is 2. The van der Waals surface area contributed by atoms with Gasteiger partial charge in [-0.15, -0.1) is 0 Å². The van der Waals surface area contributed by atoms with Gasteiger partial charge in [-0.3, -0.25) is 0 Å². The molecule has 0 fully saturated rings. The molecule has 0 unspecified atom stereocenters. The zero-order valence-electron chi connectivity index (χ0n) is 8.22. The summed E-state index contributed by atoms with van der Waals surface area (Å²) >= 11 is 0. The Hall–Kier alpha value is -2.23. The van der Waals surface area contributed by atoms with Gasteiger partial charge in [0.15, 0.2) is 11.5 Å². The Labute approximate surface area is 91.2 Å². The lowest BCUT2D eigenvalue weighted by molar-refractivity contribution is 0.0685. The fraction of sp³-hybridized carbons (Fsp3) is 0. The molecular weight excluding hydrogens is 209 g/mol. The van der Waals surface area contributed by atoms with Gasteiger partial charge in [0.25, 0.3) is 0 Å². The second-order valence-corrected chi connectivity index (χ2v) is 3.19. The van der Waals surface area contributed by atoms with E-state index in [9.17, 15) is 9.18 Å². The Morgan fingerprint density at radius 2 is 1.88 bits per heavy atom. The van der Waals surface area contributed by atoms with E-state index in [0.29, 0.717) is 5.56 Å². The number of nitrogens with zero attached hydrogens (tertiary/aromatic N) is 1. The van der Waals surface area contributed by atoms with Crippen molar-refractivity contribution in [1.82, 2.24) is 4.98 Å². The van der Waals surface area contributed by atoms with Crippen molar-refractivity contribution in [1.29, 1.82) is 0 Å². The fourth-order valence-electron chi connectivity index (χ4n) is 1.43. The molecule has 1 heterocycles. The zero-order valence-corrected chi connectivity index (χ0v) is 8.22. The molecule has 0 spiro atoms. The van der Waals surface area contributed by atoms with Crippen LogP contribution in [0.25, 0.3) is 11.1 Å². The van der Waals surface area contributed by atoms with Crippen molar-refractivity contribution in [3.8, 4) is 11.1 Å². The van der Waals surface area contributed by atoms with Crippen LogP contribution in [0.1, 0.15) is 10.5 Å². The van der Waals surface area contributed by atoms with E-state index < -0.39 is 17.5 Å². The highest BCUT2D eigenvalue weighted by Gasteiger charge is 2.16. The molecule has 16 heavy (non-hydrogen) atoms. The standard InChI is InChI=1S/C12H8FNO2/c13-10-9(8-4-2-1-3-5-8)6-7-14-11(10)12(15)16/h1-7H,(H,15,16). The number of hydrogen-bond donors (Lipinski definition) is 1. The Balaban J connectivity index is 2.59. The minimum atomic E-state index is -1.37. The third kappa shape index (κ3) is 1.77. The van der Waals surface area contributed by atoms with Gasteiger partial charge in [-0.25, -0.2) is 14.2 Å². The zero-order chi connectivity index (χ0) is 11.5. The predicted octanol–water partition coefficient (Wildman–Crippen LogP) is 2.59. The highest BCUT2D eigenvalue weighted by atomic mass is 19.1. The molecule has 80 valence electrons. The molecular formula is C12H8FNO2. The summed E-state index contributed by atoms with van der Waals surface area (Å²) < 4.78 is 13.8. The van der Waals surface area contributed by atoms with Crippen molar-refractivity contribution in [2.75, 3.05) is 0 Å². The summed E-state index contributed by atoms with van der Waals surface area (Å²) in [5.41, 5.74) is 0.319. The topological polar surface area (TPSA) is 50.2 Å². The van der Waals surface area contributed by atoms with Gasteiger partial charge in [0.1, 0.15) is 0 Å². The van der Waals surface area contributed by atoms with Crippen molar-refractivity contribution >= 4 is 5.97 Å². The molecule has 2 aromatic rings. The summed E-state index contributed by atoms with van der Waals surface area (Å²) in [6.07, 6.45) is 1.29. The smallest absolute Gasteiger partial charge is 0.357 e. The van der Waals surface area contributed by atoms with Crippen LogP contribution >= 0.6 is 0 Å². The summed E-state index contributed by atoms with van der Waals surface area (Å²) in [7, 11) is 0. The van der Waals surface area contributed by atoms with Crippen LogP contribution < -0.4 is 0 Å². The van der Waals surface area contributed by atoms with Gasteiger partial charge in [-0.1, -0.05) is 30.3 Å². The number of rotatable bonds is 2. The summed E-state index contributed by atoms with van der Waals surface area (Å²) in [4.78, 5) is 14.2. The number of carboxylic acid groups (broad SMARTS) is 1. The molecule has 3 nitrogen and oxygen atoms in total. The Kier molecular flexibility index (Phi) is 2.64. The van der Waals surface area contributed by atoms with Crippen LogP contribution in [-0.2, 0) is 0 Å². The van der Waals surface area contributed by atoms with Gasteiger partial charge < -0.3 is 5.11 Å². The molecule has 0 saturated heterocycles. The number of carboxylic acids is 1. The van der Waals surface area contributed by atoms with Gasteiger partial charge in [-0.2, -0.15) is 0 Å². The SMILES string of the molecule is O=C(O)c1nccc(-c2ccccc2)c1F. The number of aromatic carboxylic acids is 1.